The van der Waals surface area contributed by atoms with Gasteiger partial charge in [0.05, 0.1) is 44.0 Å². The highest BCUT2D eigenvalue weighted by Crippen LogP contribution is 2.37. The molecule has 0 bridgehead atoms. The molecule has 0 unspecified atom stereocenters. The van der Waals surface area contributed by atoms with Crippen LogP contribution in [0.2, 0.25) is 0 Å². The van der Waals surface area contributed by atoms with Gasteiger partial charge in [0.25, 0.3) is 0 Å². The second kappa shape index (κ2) is 10.7. The predicted molar refractivity (Wildman–Crippen MR) is 207 cm³/mol. The van der Waals surface area contributed by atoms with Crippen LogP contribution in [0.5, 0.6) is 0 Å². The third-order valence-corrected chi connectivity index (χ3v) is 8.91. The summed E-state index contributed by atoms with van der Waals surface area (Å²) in [6.45, 7) is 0. The molecule has 4 aromatic heterocycles. The standard InChI is InChI=1S/C45H27N5O/c1-2-12-28(13-3-1)29-23-25-41-36(26-29)35-24-22-30(27-42(35)51-41)43-46-44(49-37-18-8-4-14-31(37)32-15-5-9-19-38(32)49)48-45(47-43)50-39-20-10-6-16-33(39)34-17-7-11-21-40(34)50/h1-27H/i4D,5D,6D,7D,8D,9D,10D,11D,14D,15D,16D,17D,18D,19D,20D,21D. The van der Waals surface area contributed by atoms with Crippen molar-refractivity contribution in [3.8, 4) is 34.4 Å². The molecule has 0 aliphatic carbocycles. The van der Waals surface area contributed by atoms with E-state index >= 15 is 0 Å². The summed E-state index contributed by atoms with van der Waals surface area (Å²) in [6, 6.07) is 10.0. The van der Waals surface area contributed by atoms with E-state index in [0.29, 0.717) is 11.2 Å². The van der Waals surface area contributed by atoms with Crippen LogP contribution >= 0.6 is 0 Å². The predicted octanol–water partition coefficient (Wildman–Crippen LogP) is 11.3. The van der Waals surface area contributed by atoms with Crippen molar-refractivity contribution in [3.63, 3.8) is 0 Å². The van der Waals surface area contributed by atoms with Gasteiger partial charge in [0.2, 0.25) is 11.9 Å². The van der Waals surface area contributed by atoms with Crippen molar-refractivity contribution in [3.05, 3.63) is 163 Å². The Morgan fingerprint density at radius 1 is 0.412 bits per heavy atom. The monoisotopic (exact) mass is 669 g/mol. The zero-order chi connectivity index (χ0) is 47.4. The van der Waals surface area contributed by atoms with Crippen LogP contribution in [0.25, 0.3) is 100.0 Å². The second-order valence-electron chi connectivity index (χ2n) is 11.7. The molecule has 0 radical (unpaired) electrons. The highest BCUT2D eigenvalue weighted by molar-refractivity contribution is 6.10. The lowest BCUT2D eigenvalue weighted by molar-refractivity contribution is 0.669. The molecule has 0 saturated heterocycles. The fourth-order valence-electron chi connectivity index (χ4n) is 6.65. The number of furan rings is 1. The van der Waals surface area contributed by atoms with E-state index in [2.05, 4.69) is 0 Å². The number of aromatic nitrogens is 5. The number of para-hydroxylation sites is 4. The van der Waals surface area contributed by atoms with Gasteiger partial charge < -0.3 is 4.42 Å². The summed E-state index contributed by atoms with van der Waals surface area (Å²) in [7, 11) is 0. The van der Waals surface area contributed by atoms with E-state index < -0.39 is 109 Å². The summed E-state index contributed by atoms with van der Waals surface area (Å²) in [6.07, 6.45) is 0. The van der Waals surface area contributed by atoms with Gasteiger partial charge in [-0.15, -0.1) is 0 Å². The van der Waals surface area contributed by atoms with E-state index in [1.807, 2.05) is 48.5 Å². The first-order valence-electron chi connectivity index (χ1n) is 23.7. The van der Waals surface area contributed by atoms with Crippen LogP contribution in [0.15, 0.2) is 168 Å². The van der Waals surface area contributed by atoms with Gasteiger partial charge in [0, 0.05) is 37.9 Å². The number of rotatable bonds is 4. The van der Waals surface area contributed by atoms with E-state index in [0.717, 1.165) is 31.0 Å². The van der Waals surface area contributed by atoms with Gasteiger partial charge >= 0.3 is 0 Å². The van der Waals surface area contributed by atoms with Gasteiger partial charge in [-0.2, -0.15) is 15.0 Å². The molecule has 0 N–H and O–H groups in total. The minimum atomic E-state index is -0.702. The largest absolute Gasteiger partial charge is 0.456 e. The van der Waals surface area contributed by atoms with Gasteiger partial charge in [-0.1, -0.05) is 115 Å². The number of hydrogen-bond donors (Lipinski definition) is 0. The van der Waals surface area contributed by atoms with Crippen LogP contribution in [-0.4, -0.2) is 24.1 Å². The topological polar surface area (TPSA) is 61.7 Å². The zero-order valence-corrected chi connectivity index (χ0v) is 26.0. The molecular formula is C45H27N5O. The minimum absolute atomic E-state index is 0.180. The number of hydrogen-bond acceptors (Lipinski definition) is 4. The summed E-state index contributed by atoms with van der Waals surface area (Å²) in [5.41, 5.74) is 1.82. The first-order valence-corrected chi connectivity index (χ1v) is 15.7. The minimum Gasteiger partial charge on any atom is -0.456 e. The van der Waals surface area contributed by atoms with Crippen molar-refractivity contribution in [1.29, 1.82) is 0 Å². The Balaban J connectivity index is 1.31. The van der Waals surface area contributed by atoms with Crippen molar-refractivity contribution in [2.24, 2.45) is 0 Å². The summed E-state index contributed by atoms with van der Waals surface area (Å²) in [5, 5.41) is 0.438. The molecule has 6 nitrogen and oxygen atoms in total. The van der Waals surface area contributed by atoms with Crippen molar-refractivity contribution in [2.45, 2.75) is 0 Å². The molecule has 0 atom stereocenters. The Labute approximate surface area is 314 Å². The molecular weight excluding hydrogens is 627 g/mol. The highest BCUT2D eigenvalue weighted by Gasteiger charge is 2.21. The average molecular weight is 670 g/mol. The van der Waals surface area contributed by atoms with Crippen LogP contribution < -0.4 is 0 Å². The Morgan fingerprint density at radius 3 is 1.47 bits per heavy atom. The highest BCUT2D eigenvalue weighted by atomic mass is 16.3. The van der Waals surface area contributed by atoms with Gasteiger partial charge in [0.1, 0.15) is 11.2 Å². The van der Waals surface area contributed by atoms with Crippen molar-refractivity contribution in [2.75, 3.05) is 0 Å². The molecule has 11 rings (SSSR count). The summed E-state index contributed by atoms with van der Waals surface area (Å²) < 4.78 is 150. The number of benzene rings is 7. The van der Waals surface area contributed by atoms with Gasteiger partial charge in [-0.05, 0) is 59.6 Å². The second-order valence-corrected chi connectivity index (χ2v) is 11.7. The molecule has 51 heavy (non-hydrogen) atoms. The van der Waals surface area contributed by atoms with Crippen LogP contribution in [0.4, 0.5) is 0 Å². The molecule has 4 heterocycles. The molecule has 0 aliphatic rings. The Hall–Kier alpha value is -7.05. The maximum Gasteiger partial charge on any atom is 0.240 e. The maximum absolute atomic E-state index is 9.14. The van der Waals surface area contributed by atoms with Crippen LogP contribution in [0.3, 0.4) is 0 Å². The van der Waals surface area contributed by atoms with Crippen LogP contribution in [0.1, 0.15) is 21.9 Å². The van der Waals surface area contributed by atoms with Gasteiger partial charge in [-0.3, -0.25) is 9.13 Å². The van der Waals surface area contributed by atoms with E-state index in [1.165, 1.54) is 0 Å². The van der Waals surface area contributed by atoms with Gasteiger partial charge in [-0.25, -0.2) is 0 Å². The van der Waals surface area contributed by atoms with E-state index in [-0.39, 0.29) is 55.0 Å². The van der Waals surface area contributed by atoms with E-state index in [9.17, 15) is 0 Å². The van der Waals surface area contributed by atoms with Crippen LogP contribution in [-0.2, 0) is 0 Å². The first kappa shape index (κ1) is 16.6. The average Bonchev–Trinajstić information content (AvgIpc) is 4.02. The van der Waals surface area contributed by atoms with E-state index in [4.69, 9.17) is 41.3 Å². The zero-order valence-electron chi connectivity index (χ0n) is 42.0. The molecule has 0 amide bonds. The maximum atomic E-state index is 9.14. The van der Waals surface area contributed by atoms with Crippen molar-refractivity contribution >= 4 is 65.6 Å². The molecule has 6 heteroatoms. The van der Waals surface area contributed by atoms with Crippen molar-refractivity contribution in [1.82, 2.24) is 24.1 Å². The lowest BCUT2D eigenvalue weighted by Crippen LogP contribution is -2.10. The Kier molecular flexibility index (Phi) is 3.48. The third kappa shape index (κ3) is 4.20. The lowest BCUT2D eigenvalue weighted by Gasteiger charge is -2.12. The molecule has 7 aromatic carbocycles. The lowest BCUT2D eigenvalue weighted by atomic mass is 10.0. The fraction of sp³-hybridized carbons (Fsp3) is 0. The summed E-state index contributed by atoms with van der Waals surface area (Å²) in [5.74, 6) is -1.14. The van der Waals surface area contributed by atoms with E-state index in [1.54, 1.807) is 18.2 Å². The molecule has 0 spiro atoms. The molecule has 0 aliphatic heterocycles. The number of fused-ring (bicyclic) bond motifs is 9. The summed E-state index contributed by atoms with van der Waals surface area (Å²) in [4.78, 5) is 14.3. The van der Waals surface area contributed by atoms with Crippen LogP contribution in [0, 0.1) is 0 Å². The van der Waals surface area contributed by atoms with Gasteiger partial charge in [0.15, 0.2) is 5.82 Å². The Bertz CT molecular complexity index is 3740. The fourth-order valence-corrected chi connectivity index (χ4v) is 6.65. The SMILES string of the molecule is [2H]c1c([2H])c([2H])c2c(c1[2H])c1c([2H])c([2H])c([2H])c([2H])c1n2-c1nc(-c2ccc3c(c2)oc2ccc(-c4ccccc4)cc23)nc(-n2c3c([2H])c([2H])c([2H])c([2H])c3c3c([2H])c([2H])c([2H])c([2H])c32)n1. The molecule has 0 fully saturated rings. The molecule has 11 aromatic rings. The normalized spacial score (nSPS) is 16.3. The molecule has 238 valence electrons. The third-order valence-electron chi connectivity index (χ3n) is 8.91. The Morgan fingerprint density at radius 2 is 0.922 bits per heavy atom. The van der Waals surface area contributed by atoms with Crippen molar-refractivity contribution < 1.29 is 26.3 Å². The smallest absolute Gasteiger partial charge is 0.240 e. The summed E-state index contributed by atoms with van der Waals surface area (Å²) >= 11 is 0. The number of nitrogens with zero attached hydrogens (tertiary/aromatic N) is 5. The first-order chi connectivity index (χ1) is 31.9. The molecule has 0 saturated carbocycles. The quantitative estimate of drug-likeness (QED) is 0.187.